The number of rotatable bonds is 7. The number of halogens is 1. The SMILES string of the molecule is CC(CC(=O)Nc1cccc(F)c1)NCC(C)(O)c1cnn(C)c1. The number of benzene rings is 1. The highest BCUT2D eigenvalue weighted by molar-refractivity contribution is 5.91. The van der Waals surface area contributed by atoms with Crippen LogP contribution in [0, 0.1) is 5.82 Å². The lowest BCUT2D eigenvalue weighted by molar-refractivity contribution is -0.116. The second-order valence-corrected chi connectivity index (χ2v) is 6.22. The number of carbonyl (C=O) groups excluding carboxylic acids is 1. The van der Waals surface area contributed by atoms with Crippen molar-refractivity contribution in [2.45, 2.75) is 31.9 Å². The number of aliphatic hydroxyl groups is 1. The van der Waals surface area contributed by atoms with Gasteiger partial charge in [0.15, 0.2) is 0 Å². The number of hydrogen-bond donors (Lipinski definition) is 3. The number of nitrogens with zero attached hydrogens (tertiary/aromatic N) is 2. The molecule has 0 bridgehead atoms. The molecule has 1 aromatic carbocycles. The molecular weight excluding hydrogens is 311 g/mol. The van der Waals surface area contributed by atoms with Crippen molar-refractivity contribution in [1.82, 2.24) is 15.1 Å². The number of nitrogens with one attached hydrogen (secondary N) is 2. The molecule has 0 saturated heterocycles. The molecule has 0 aliphatic rings. The molecule has 2 rings (SSSR count). The predicted octanol–water partition coefficient (Wildman–Crippen LogP) is 1.77. The monoisotopic (exact) mass is 334 g/mol. The first-order valence-electron chi connectivity index (χ1n) is 7.76. The first-order chi connectivity index (χ1) is 11.3. The molecule has 24 heavy (non-hydrogen) atoms. The summed E-state index contributed by atoms with van der Waals surface area (Å²) in [5, 5.41) is 20.3. The number of hydrogen-bond acceptors (Lipinski definition) is 4. The zero-order chi connectivity index (χ0) is 17.7. The molecule has 0 radical (unpaired) electrons. The van der Waals surface area contributed by atoms with Crippen molar-refractivity contribution in [3.8, 4) is 0 Å². The smallest absolute Gasteiger partial charge is 0.225 e. The van der Waals surface area contributed by atoms with E-state index >= 15 is 0 Å². The summed E-state index contributed by atoms with van der Waals surface area (Å²) < 4.78 is 14.7. The van der Waals surface area contributed by atoms with Gasteiger partial charge in [-0.1, -0.05) is 6.07 Å². The van der Waals surface area contributed by atoms with E-state index in [1.165, 1.54) is 18.2 Å². The van der Waals surface area contributed by atoms with E-state index in [2.05, 4.69) is 15.7 Å². The Morgan fingerprint density at radius 2 is 2.25 bits per heavy atom. The molecule has 1 heterocycles. The van der Waals surface area contributed by atoms with Crippen molar-refractivity contribution in [2.75, 3.05) is 11.9 Å². The molecule has 7 heteroatoms. The number of aryl methyl sites for hydroxylation is 1. The van der Waals surface area contributed by atoms with E-state index in [0.717, 1.165) is 0 Å². The van der Waals surface area contributed by atoms with Crippen LogP contribution in [0.1, 0.15) is 25.8 Å². The summed E-state index contributed by atoms with van der Waals surface area (Å²) >= 11 is 0. The summed E-state index contributed by atoms with van der Waals surface area (Å²) in [6, 6.07) is 5.61. The van der Waals surface area contributed by atoms with E-state index in [-0.39, 0.29) is 24.9 Å². The van der Waals surface area contributed by atoms with Gasteiger partial charge in [0, 0.05) is 43.5 Å². The van der Waals surface area contributed by atoms with E-state index < -0.39 is 11.4 Å². The molecule has 0 aliphatic heterocycles. The first-order valence-corrected chi connectivity index (χ1v) is 7.76. The van der Waals surface area contributed by atoms with Crippen molar-refractivity contribution < 1.29 is 14.3 Å². The van der Waals surface area contributed by atoms with Gasteiger partial charge in [0.1, 0.15) is 11.4 Å². The summed E-state index contributed by atoms with van der Waals surface area (Å²) in [5.74, 6) is -0.617. The molecule has 3 N–H and O–H groups in total. The van der Waals surface area contributed by atoms with Gasteiger partial charge >= 0.3 is 0 Å². The molecule has 2 unspecified atom stereocenters. The van der Waals surface area contributed by atoms with E-state index in [1.807, 2.05) is 6.92 Å². The highest BCUT2D eigenvalue weighted by Gasteiger charge is 2.25. The van der Waals surface area contributed by atoms with Gasteiger partial charge in [0.2, 0.25) is 5.91 Å². The van der Waals surface area contributed by atoms with Crippen molar-refractivity contribution in [1.29, 1.82) is 0 Å². The number of anilines is 1. The third kappa shape index (κ3) is 5.14. The lowest BCUT2D eigenvalue weighted by Gasteiger charge is -2.25. The Balaban J connectivity index is 1.82. The minimum absolute atomic E-state index is 0.151. The van der Waals surface area contributed by atoms with Gasteiger partial charge in [-0.25, -0.2) is 4.39 Å². The third-order valence-corrected chi connectivity index (χ3v) is 3.72. The molecule has 1 aromatic heterocycles. The maximum Gasteiger partial charge on any atom is 0.225 e. The maximum atomic E-state index is 13.1. The van der Waals surface area contributed by atoms with Crippen LogP contribution in [-0.4, -0.2) is 33.4 Å². The molecule has 2 aromatic rings. The van der Waals surface area contributed by atoms with E-state index in [4.69, 9.17) is 0 Å². The Morgan fingerprint density at radius 1 is 1.50 bits per heavy atom. The van der Waals surface area contributed by atoms with Gasteiger partial charge in [0.25, 0.3) is 0 Å². The number of aromatic nitrogens is 2. The zero-order valence-corrected chi connectivity index (χ0v) is 14.1. The molecule has 0 saturated carbocycles. The fourth-order valence-corrected chi connectivity index (χ4v) is 2.30. The summed E-state index contributed by atoms with van der Waals surface area (Å²) in [6.07, 6.45) is 3.58. The Labute approximate surface area is 140 Å². The quantitative estimate of drug-likeness (QED) is 0.721. The van der Waals surface area contributed by atoms with Gasteiger partial charge in [-0.3, -0.25) is 9.48 Å². The fourth-order valence-electron chi connectivity index (χ4n) is 2.30. The van der Waals surface area contributed by atoms with E-state index in [0.29, 0.717) is 11.3 Å². The normalized spacial score (nSPS) is 14.9. The molecule has 0 aliphatic carbocycles. The van der Waals surface area contributed by atoms with Gasteiger partial charge in [-0.15, -0.1) is 0 Å². The van der Waals surface area contributed by atoms with E-state index in [1.54, 1.807) is 37.1 Å². The topological polar surface area (TPSA) is 79.2 Å². The Hall–Kier alpha value is -2.25. The van der Waals surface area contributed by atoms with Gasteiger partial charge in [-0.05, 0) is 32.0 Å². The van der Waals surface area contributed by atoms with Gasteiger partial charge in [-0.2, -0.15) is 5.10 Å². The van der Waals surface area contributed by atoms with Crippen LogP contribution in [0.3, 0.4) is 0 Å². The molecule has 2 atom stereocenters. The van der Waals surface area contributed by atoms with Gasteiger partial charge in [0.05, 0.1) is 6.20 Å². The van der Waals surface area contributed by atoms with Crippen LogP contribution in [0.2, 0.25) is 0 Å². The average Bonchev–Trinajstić information content (AvgIpc) is 2.93. The average molecular weight is 334 g/mol. The standard InChI is InChI=1S/C17H23FN4O2/c1-12(7-16(23)21-15-6-4-5-14(18)8-15)19-11-17(2,24)13-9-20-22(3)10-13/h4-6,8-10,12,19,24H,7,11H2,1-3H3,(H,21,23). The second kappa shape index (κ2) is 7.55. The molecule has 6 nitrogen and oxygen atoms in total. The minimum Gasteiger partial charge on any atom is -0.384 e. The lowest BCUT2D eigenvalue weighted by atomic mass is 9.99. The zero-order valence-electron chi connectivity index (χ0n) is 14.1. The fraction of sp³-hybridized carbons (Fsp3) is 0.412. The second-order valence-electron chi connectivity index (χ2n) is 6.22. The molecule has 130 valence electrons. The Morgan fingerprint density at radius 3 is 2.88 bits per heavy atom. The highest BCUT2D eigenvalue weighted by atomic mass is 19.1. The van der Waals surface area contributed by atoms with Crippen LogP contribution in [0.25, 0.3) is 0 Å². The van der Waals surface area contributed by atoms with E-state index in [9.17, 15) is 14.3 Å². The summed E-state index contributed by atoms with van der Waals surface area (Å²) in [4.78, 5) is 12.0. The maximum absolute atomic E-state index is 13.1. The summed E-state index contributed by atoms with van der Waals surface area (Å²) in [5.41, 5.74) is 0.0464. The van der Waals surface area contributed by atoms with Crippen LogP contribution < -0.4 is 10.6 Å². The molecule has 0 fully saturated rings. The van der Waals surface area contributed by atoms with Crippen molar-refractivity contribution in [2.24, 2.45) is 7.05 Å². The molecule has 0 spiro atoms. The number of amides is 1. The lowest BCUT2D eigenvalue weighted by Crippen LogP contribution is -2.40. The molecular formula is C17H23FN4O2. The Kier molecular flexibility index (Phi) is 5.69. The Bertz CT molecular complexity index is 699. The van der Waals surface area contributed by atoms with Crippen molar-refractivity contribution in [3.05, 3.63) is 48.0 Å². The van der Waals surface area contributed by atoms with Crippen LogP contribution in [0.5, 0.6) is 0 Å². The van der Waals surface area contributed by atoms with Gasteiger partial charge < -0.3 is 15.7 Å². The predicted molar refractivity (Wildman–Crippen MR) is 89.9 cm³/mol. The third-order valence-electron chi connectivity index (χ3n) is 3.72. The van der Waals surface area contributed by atoms with Crippen LogP contribution in [-0.2, 0) is 17.4 Å². The highest BCUT2D eigenvalue weighted by Crippen LogP contribution is 2.19. The number of carbonyl (C=O) groups is 1. The minimum atomic E-state index is -1.08. The summed E-state index contributed by atoms with van der Waals surface area (Å²) in [6.45, 7) is 3.83. The van der Waals surface area contributed by atoms with Crippen LogP contribution in [0.4, 0.5) is 10.1 Å². The van der Waals surface area contributed by atoms with Crippen LogP contribution >= 0.6 is 0 Å². The summed E-state index contributed by atoms with van der Waals surface area (Å²) in [7, 11) is 1.78. The van der Waals surface area contributed by atoms with Crippen molar-refractivity contribution in [3.63, 3.8) is 0 Å². The van der Waals surface area contributed by atoms with Crippen molar-refractivity contribution >= 4 is 11.6 Å². The largest absolute Gasteiger partial charge is 0.384 e. The first kappa shape index (κ1) is 18.1. The molecule has 1 amide bonds. The van der Waals surface area contributed by atoms with Crippen LogP contribution in [0.15, 0.2) is 36.7 Å².